The molecule has 0 aromatic heterocycles. The molecule has 1 heterocycles. The minimum atomic E-state index is -0.493. The van der Waals surface area contributed by atoms with Gasteiger partial charge in [0.05, 0.1) is 17.6 Å². The number of hydrogen-bond acceptors (Lipinski definition) is 5. The third kappa shape index (κ3) is 4.64. The molecule has 3 rings (SSSR count). The van der Waals surface area contributed by atoms with Gasteiger partial charge in [-0.25, -0.2) is 0 Å². The standard InChI is InChI=1S/C19H17ClN2O5/c1-12(13-3-2-4-16(20)7-13)21-18(23)6-5-14-8-17(22(24)25)9-15-10-26-11-27-19(14)15/h2-9,12H,10-11H2,1H3,(H,21,23)/b6-5+/t12-/m1/s1. The lowest BCUT2D eigenvalue weighted by molar-refractivity contribution is -0.385. The van der Waals surface area contributed by atoms with Crippen LogP contribution in [0.4, 0.5) is 5.69 Å². The maximum Gasteiger partial charge on any atom is 0.270 e. The number of nitrogens with one attached hydrogen (secondary N) is 1. The van der Waals surface area contributed by atoms with Crippen molar-refractivity contribution in [1.29, 1.82) is 0 Å². The second-order valence-corrected chi connectivity index (χ2v) is 6.45. The molecule has 0 fully saturated rings. The van der Waals surface area contributed by atoms with Gasteiger partial charge in [0.2, 0.25) is 5.91 Å². The Morgan fingerprint density at radius 2 is 2.19 bits per heavy atom. The zero-order valence-electron chi connectivity index (χ0n) is 14.5. The van der Waals surface area contributed by atoms with Crippen molar-refractivity contribution in [3.05, 3.63) is 74.3 Å². The van der Waals surface area contributed by atoms with E-state index in [9.17, 15) is 14.9 Å². The highest BCUT2D eigenvalue weighted by atomic mass is 35.5. The molecule has 1 amide bonds. The van der Waals surface area contributed by atoms with Crippen molar-refractivity contribution in [2.75, 3.05) is 6.79 Å². The van der Waals surface area contributed by atoms with Crippen LogP contribution >= 0.6 is 11.6 Å². The highest BCUT2D eigenvalue weighted by Crippen LogP contribution is 2.33. The second kappa shape index (κ2) is 8.20. The number of fused-ring (bicyclic) bond motifs is 1. The molecule has 2 aromatic rings. The topological polar surface area (TPSA) is 90.7 Å². The Kier molecular flexibility index (Phi) is 5.73. The zero-order chi connectivity index (χ0) is 19.4. The third-order valence-corrected chi connectivity index (χ3v) is 4.29. The molecule has 2 aromatic carbocycles. The van der Waals surface area contributed by atoms with Crippen LogP contribution in [0.15, 0.2) is 42.5 Å². The summed E-state index contributed by atoms with van der Waals surface area (Å²) in [4.78, 5) is 22.9. The number of rotatable bonds is 5. The van der Waals surface area contributed by atoms with Crippen LogP contribution in [-0.4, -0.2) is 17.6 Å². The largest absolute Gasteiger partial charge is 0.467 e. The van der Waals surface area contributed by atoms with Gasteiger partial charge < -0.3 is 14.8 Å². The Morgan fingerprint density at radius 1 is 1.37 bits per heavy atom. The molecule has 0 saturated heterocycles. The summed E-state index contributed by atoms with van der Waals surface area (Å²) in [6.45, 7) is 2.12. The lowest BCUT2D eigenvalue weighted by Gasteiger charge is -2.19. The van der Waals surface area contributed by atoms with Gasteiger partial charge in [-0.05, 0) is 30.7 Å². The molecule has 140 valence electrons. The molecule has 0 bridgehead atoms. The molecule has 1 aliphatic rings. The van der Waals surface area contributed by atoms with Gasteiger partial charge in [-0.1, -0.05) is 23.7 Å². The molecule has 0 radical (unpaired) electrons. The number of carbonyl (C=O) groups is 1. The van der Waals surface area contributed by atoms with E-state index in [-0.39, 0.29) is 31.0 Å². The minimum Gasteiger partial charge on any atom is -0.467 e. The molecular formula is C19H17ClN2O5. The fourth-order valence-corrected chi connectivity index (χ4v) is 2.95. The summed E-state index contributed by atoms with van der Waals surface area (Å²) >= 11 is 5.97. The Balaban J connectivity index is 1.77. The SMILES string of the molecule is C[C@@H](NC(=O)/C=C/c1cc([N+](=O)[O-])cc2c1OCOC2)c1cccc(Cl)c1. The van der Waals surface area contributed by atoms with Crippen molar-refractivity contribution in [2.24, 2.45) is 0 Å². The number of halogens is 1. The molecule has 0 aliphatic carbocycles. The fraction of sp³-hybridized carbons (Fsp3) is 0.211. The number of benzene rings is 2. The smallest absolute Gasteiger partial charge is 0.270 e. The van der Waals surface area contributed by atoms with Crippen molar-refractivity contribution in [3.63, 3.8) is 0 Å². The molecule has 0 spiro atoms. The van der Waals surface area contributed by atoms with Gasteiger partial charge in [-0.3, -0.25) is 14.9 Å². The highest BCUT2D eigenvalue weighted by molar-refractivity contribution is 6.30. The average Bonchev–Trinajstić information content (AvgIpc) is 2.65. The molecule has 1 N–H and O–H groups in total. The summed E-state index contributed by atoms with van der Waals surface area (Å²) in [5.74, 6) is 0.147. The van der Waals surface area contributed by atoms with Gasteiger partial charge in [-0.2, -0.15) is 0 Å². The molecule has 7 nitrogen and oxygen atoms in total. The van der Waals surface area contributed by atoms with Gasteiger partial charge in [0.25, 0.3) is 5.69 Å². The van der Waals surface area contributed by atoms with Crippen LogP contribution in [0.2, 0.25) is 5.02 Å². The first-order valence-corrected chi connectivity index (χ1v) is 8.57. The van der Waals surface area contributed by atoms with E-state index in [1.165, 1.54) is 24.3 Å². The van der Waals surface area contributed by atoms with Crippen LogP contribution in [0.25, 0.3) is 6.08 Å². The Bertz CT molecular complexity index is 913. The number of nitro groups is 1. The number of ether oxygens (including phenoxy) is 2. The van der Waals surface area contributed by atoms with E-state index in [0.29, 0.717) is 21.9 Å². The van der Waals surface area contributed by atoms with E-state index in [1.807, 2.05) is 19.1 Å². The Morgan fingerprint density at radius 3 is 2.93 bits per heavy atom. The Labute approximate surface area is 160 Å². The van der Waals surface area contributed by atoms with E-state index >= 15 is 0 Å². The maximum atomic E-state index is 12.2. The number of nitrogens with zero attached hydrogens (tertiary/aromatic N) is 1. The summed E-state index contributed by atoms with van der Waals surface area (Å²) in [6.07, 6.45) is 2.82. The number of hydrogen-bond donors (Lipinski definition) is 1. The van der Waals surface area contributed by atoms with Crippen LogP contribution in [0.3, 0.4) is 0 Å². The third-order valence-electron chi connectivity index (χ3n) is 4.06. The Hall–Kier alpha value is -2.90. The quantitative estimate of drug-likeness (QED) is 0.475. The van der Waals surface area contributed by atoms with Crippen LogP contribution < -0.4 is 10.1 Å². The number of nitro benzene ring substituents is 1. The van der Waals surface area contributed by atoms with Gasteiger partial charge in [0.1, 0.15) is 5.75 Å². The van der Waals surface area contributed by atoms with Gasteiger partial charge in [0.15, 0.2) is 6.79 Å². The molecule has 27 heavy (non-hydrogen) atoms. The van der Waals surface area contributed by atoms with Crippen LogP contribution in [0.1, 0.15) is 29.7 Å². The van der Waals surface area contributed by atoms with Crippen molar-refractivity contribution >= 4 is 29.3 Å². The van der Waals surface area contributed by atoms with Crippen molar-refractivity contribution in [1.82, 2.24) is 5.32 Å². The minimum absolute atomic E-state index is 0.0592. The van der Waals surface area contributed by atoms with E-state index in [4.69, 9.17) is 21.1 Å². The molecule has 8 heteroatoms. The molecule has 1 atom stereocenters. The lowest BCUT2D eigenvalue weighted by atomic mass is 10.1. The molecular weight excluding hydrogens is 372 g/mol. The van der Waals surface area contributed by atoms with Crippen molar-refractivity contribution in [3.8, 4) is 5.75 Å². The first-order chi connectivity index (χ1) is 12.9. The summed E-state index contributed by atoms with van der Waals surface area (Å²) < 4.78 is 10.6. The number of non-ortho nitro benzene ring substituents is 1. The van der Waals surface area contributed by atoms with E-state index in [2.05, 4.69) is 5.32 Å². The lowest BCUT2D eigenvalue weighted by Crippen LogP contribution is -2.24. The summed E-state index contributed by atoms with van der Waals surface area (Å²) in [5.41, 5.74) is 1.81. The maximum absolute atomic E-state index is 12.2. The van der Waals surface area contributed by atoms with Gasteiger partial charge in [0, 0.05) is 34.4 Å². The predicted octanol–water partition coefficient (Wildman–Crippen LogP) is 4.01. The predicted molar refractivity (Wildman–Crippen MR) is 100 cm³/mol. The monoisotopic (exact) mass is 388 g/mol. The van der Waals surface area contributed by atoms with E-state index < -0.39 is 4.92 Å². The van der Waals surface area contributed by atoms with Crippen molar-refractivity contribution < 1.29 is 19.2 Å². The molecule has 0 unspecified atom stereocenters. The summed E-state index contributed by atoms with van der Waals surface area (Å²) in [6, 6.07) is 9.75. The van der Waals surface area contributed by atoms with E-state index in [0.717, 1.165) is 5.56 Å². The van der Waals surface area contributed by atoms with Crippen molar-refractivity contribution in [2.45, 2.75) is 19.6 Å². The first-order valence-electron chi connectivity index (χ1n) is 8.20. The number of carbonyl (C=O) groups excluding carboxylic acids is 1. The first kappa shape index (κ1) is 18.9. The zero-order valence-corrected chi connectivity index (χ0v) is 15.2. The van der Waals surface area contributed by atoms with Gasteiger partial charge in [-0.15, -0.1) is 0 Å². The fourth-order valence-electron chi connectivity index (χ4n) is 2.75. The molecule has 1 aliphatic heterocycles. The average molecular weight is 389 g/mol. The van der Waals surface area contributed by atoms with Crippen LogP contribution in [-0.2, 0) is 16.1 Å². The van der Waals surface area contributed by atoms with Gasteiger partial charge >= 0.3 is 0 Å². The normalized spacial score (nSPS) is 14.3. The number of amides is 1. The highest BCUT2D eigenvalue weighted by Gasteiger charge is 2.20. The summed E-state index contributed by atoms with van der Waals surface area (Å²) in [7, 11) is 0. The molecule has 0 saturated carbocycles. The van der Waals surface area contributed by atoms with E-state index in [1.54, 1.807) is 12.1 Å². The second-order valence-electron chi connectivity index (χ2n) is 6.01. The van der Waals surface area contributed by atoms with Crippen LogP contribution in [0.5, 0.6) is 5.75 Å². The summed E-state index contributed by atoms with van der Waals surface area (Å²) in [5, 5.41) is 14.5. The van der Waals surface area contributed by atoms with Crippen LogP contribution in [0, 0.1) is 10.1 Å².